The van der Waals surface area contributed by atoms with Crippen LogP contribution in [0.2, 0.25) is 0 Å². The molecule has 0 fully saturated rings. The van der Waals surface area contributed by atoms with Crippen LogP contribution < -0.4 is 0 Å². The van der Waals surface area contributed by atoms with E-state index in [0.717, 1.165) is 21.3 Å². The molecular weight excluding hydrogens is 455 g/mol. The van der Waals surface area contributed by atoms with Gasteiger partial charge in [-0.25, -0.2) is 4.39 Å². The van der Waals surface area contributed by atoms with E-state index in [4.69, 9.17) is 0 Å². The molecule has 0 aliphatic carbocycles. The molecule has 0 aliphatic heterocycles. The van der Waals surface area contributed by atoms with Gasteiger partial charge in [0.15, 0.2) is 0 Å². The third-order valence-corrected chi connectivity index (χ3v) is 5.68. The first kappa shape index (κ1) is 21.1. The standard InChI is InChI=1S/C26H22BrFN2O/c27-22-14-12-21(13-15-22)17-29-16-6-9-23(29)19-30(18-20-7-2-1-3-8-20)26(31)24-10-4-5-11-25(24)28/h1-16H,17-19H2. The Kier molecular flexibility index (Phi) is 6.63. The second-order valence-corrected chi connectivity index (χ2v) is 8.30. The molecular formula is C26H22BrFN2O. The van der Waals surface area contributed by atoms with E-state index < -0.39 is 5.82 Å². The summed E-state index contributed by atoms with van der Waals surface area (Å²) in [5.74, 6) is -0.825. The summed E-state index contributed by atoms with van der Waals surface area (Å²) in [6.07, 6.45) is 2.01. The molecule has 5 heteroatoms. The van der Waals surface area contributed by atoms with Gasteiger partial charge < -0.3 is 9.47 Å². The molecule has 3 aromatic carbocycles. The number of carbonyl (C=O) groups excluding carboxylic acids is 1. The van der Waals surface area contributed by atoms with Crippen molar-refractivity contribution in [2.24, 2.45) is 0 Å². The van der Waals surface area contributed by atoms with Crippen LogP contribution in [0.15, 0.2) is 102 Å². The molecule has 3 nitrogen and oxygen atoms in total. The fraction of sp³-hybridized carbons (Fsp3) is 0.115. The van der Waals surface area contributed by atoms with Crippen molar-refractivity contribution < 1.29 is 9.18 Å². The minimum absolute atomic E-state index is 0.0875. The number of amides is 1. The quantitative estimate of drug-likeness (QED) is 0.308. The summed E-state index contributed by atoms with van der Waals surface area (Å²) < 4.78 is 17.5. The summed E-state index contributed by atoms with van der Waals surface area (Å²) >= 11 is 3.46. The summed E-state index contributed by atoms with van der Waals surface area (Å²) in [5.41, 5.74) is 3.24. The minimum atomic E-state index is -0.504. The molecule has 0 spiro atoms. The lowest BCUT2D eigenvalue weighted by Gasteiger charge is -2.24. The van der Waals surface area contributed by atoms with E-state index in [-0.39, 0.29) is 11.5 Å². The van der Waals surface area contributed by atoms with Gasteiger partial charge >= 0.3 is 0 Å². The Morgan fingerprint density at radius 1 is 0.806 bits per heavy atom. The van der Waals surface area contributed by atoms with Crippen molar-refractivity contribution in [3.05, 3.63) is 130 Å². The van der Waals surface area contributed by atoms with Gasteiger partial charge in [-0.3, -0.25) is 4.79 Å². The van der Waals surface area contributed by atoms with Crippen LogP contribution in [-0.4, -0.2) is 15.4 Å². The fourth-order valence-electron chi connectivity index (χ4n) is 3.54. The van der Waals surface area contributed by atoms with Crippen molar-refractivity contribution in [2.45, 2.75) is 19.6 Å². The van der Waals surface area contributed by atoms with Crippen LogP contribution in [0.1, 0.15) is 27.2 Å². The molecule has 0 N–H and O–H groups in total. The van der Waals surface area contributed by atoms with Crippen molar-refractivity contribution in [1.29, 1.82) is 0 Å². The van der Waals surface area contributed by atoms with Crippen molar-refractivity contribution in [1.82, 2.24) is 9.47 Å². The van der Waals surface area contributed by atoms with Gasteiger partial charge in [0.25, 0.3) is 5.91 Å². The third-order valence-electron chi connectivity index (χ3n) is 5.15. The van der Waals surface area contributed by atoms with Crippen molar-refractivity contribution in [3.8, 4) is 0 Å². The first-order valence-electron chi connectivity index (χ1n) is 10.1. The number of hydrogen-bond donors (Lipinski definition) is 0. The van der Waals surface area contributed by atoms with E-state index in [9.17, 15) is 9.18 Å². The van der Waals surface area contributed by atoms with Crippen LogP contribution in [0.4, 0.5) is 4.39 Å². The molecule has 1 aromatic heterocycles. The van der Waals surface area contributed by atoms with E-state index in [1.807, 2.05) is 60.8 Å². The molecule has 1 amide bonds. The van der Waals surface area contributed by atoms with E-state index >= 15 is 0 Å². The Hall–Kier alpha value is -3.18. The molecule has 31 heavy (non-hydrogen) atoms. The molecule has 0 saturated heterocycles. The van der Waals surface area contributed by atoms with Crippen LogP contribution in [0, 0.1) is 5.82 Å². The van der Waals surface area contributed by atoms with Crippen LogP contribution in [0.5, 0.6) is 0 Å². The summed E-state index contributed by atoms with van der Waals surface area (Å²) in [6, 6.07) is 28.1. The van der Waals surface area contributed by atoms with Gasteiger partial charge in [-0.05, 0) is 47.5 Å². The highest BCUT2D eigenvalue weighted by molar-refractivity contribution is 9.10. The Morgan fingerprint density at radius 3 is 2.26 bits per heavy atom. The average Bonchev–Trinajstić information content (AvgIpc) is 3.22. The monoisotopic (exact) mass is 476 g/mol. The van der Waals surface area contributed by atoms with Crippen LogP contribution in [0.3, 0.4) is 0 Å². The van der Waals surface area contributed by atoms with Gasteiger partial charge in [-0.15, -0.1) is 0 Å². The molecule has 0 saturated carbocycles. The van der Waals surface area contributed by atoms with Crippen molar-refractivity contribution in [2.75, 3.05) is 0 Å². The predicted octanol–water partition coefficient (Wildman–Crippen LogP) is 6.28. The lowest BCUT2D eigenvalue weighted by molar-refractivity contribution is 0.0721. The summed E-state index contributed by atoms with van der Waals surface area (Å²) in [7, 11) is 0. The normalized spacial score (nSPS) is 10.8. The van der Waals surface area contributed by atoms with E-state index in [0.29, 0.717) is 19.6 Å². The van der Waals surface area contributed by atoms with Crippen molar-refractivity contribution >= 4 is 21.8 Å². The van der Waals surface area contributed by atoms with Crippen LogP contribution in [0.25, 0.3) is 0 Å². The number of benzene rings is 3. The molecule has 0 radical (unpaired) electrons. The van der Waals surface area contributed by atoms with Crippen molar-refractivity contribution in [3.63, 3.8) is 0 Å². The second-order valence-electron chi connectivity index (χ2n) is 7.38. The molecule has 156 valence electrons. The zero-order chi connectivity index (χ0) is 21.6. The molecule has 4 aromatic rings. The maximum Gasteiger partial charge on any atom is 0.257 e. The average molecular weight is 477 g/mol. The molecule has 4 rings (SSSR count). The highest BCUT2D eigenvalue weighted by Crippen LogP contribution is 2.18. The molecule has 0 bridgehead atoms. The minimum Gasteiger partial charge on any atom is -0.345 e. The van der Waals surface area contributed by atoms with Gasteiger partial charge in [0.2, 0.25) is 0 Å². The van der Waals surface area contributed by atoms with E-state index in [1.54, 1.807) is 17.0 Å². The Bertz CT molecular complexity index is 1160. The second kappa shape index (κ2) is 9.75. The number of carbonyl (C=O) groups is 1. The van der Waals surface area contributed by atoms with Gasteiger partial charge in [-0.2, -0.15) is 0 Å². The fourth-order valence-corrected chi connectivity index (χ4v) is 3.80. The maximum atomic E-state index is 14.4. The highest BCUT2D eigenvalue weighted by Gasteiger charge is 2.21. The SMILES string of the molecule is O=C(c1ccccc1F)N(Cc1ccccc1)Cc1cccn1Cc1ccc(Br)cc1. The van der Waals surface area contributed by atoms with Gasteiger partial charge in [0.05, 0.1) is 12.1 Å². The lowest BCUT2D eigenvalue weighted by atomic mass is 10.1. The van der Waals surface area contributed by atoms with E-state index in [2.05, 4.69) is 32.6 Å². The summed E-state index contributed by atoms with van der Waals surface area (Å²) in [5, 5.41) is 0. The molecule has 0 atom stereocenters. The first-order valence-corrected chi connectivity index (χ1v) is 10.9. The third kappa shape index (κ3) is 5.30. The Labute approximate surface area is 189 Å². The Balaban J connectivity index is 1.61. The number of nitrogens with zero attached hydrogens (tertiary/aromatic N) is 2. The number of hydrogen-bond acceptors (Lipinski definition) is 1. The molecule has 0 aliphatic rings. The highest BCUT2D eigenvalue weighted by atomic mass is 79.9. The predicted molar refractivity (Wildman–Crippen MR) is 124 cm³/mol. The largest absolute Gasteiger partial charge is 0.345 e. The van der Waals surface area contributed by atoms with Gasteiger partial charge in [-0.1, -0.05) is 70.5 Å². The molecule has 1 heterocycles. The summed E-state index contributed by atoms with van der Waals surface area (Å²) in [4.78, 5) is 15.0. The number of halogens is 2. The zero-order valence-corrected chi connectivity index (χ0v) is 18.5. The van der Waals surface area contributed by atoms with Crippen LogP contribution >= 0.6 is 15.9 Å². The lowest BCUT2D eigenvalue weighted by Crippen LogP contribution is -2.31. The van der Waals surface area contributed by atoms with Gasteiger partial charge in [0.1, 0.15) is 5.82 Å². The van der Waals surface area contributed by atoms with E-state index in [1.165, 1.54) is 12.1 Å². The zero-order valence-electron chi connectivity index (χ0n) is 16.9. The maximum absolute atomic E-state index is 14.4. The first-order chi connectivity index (χ1) is 15.1. The number of rotatable bonds is 7. The van der Waals surface area contributed by atoms with Gasteiger partial charge in [0, 0.05) is 29.5 Å². The van der Waals surface area contributed by atoms with Crippen LogP contribution in [-0.2, 0) is 19.6 Å². The Morgan fingerprint density at radius 2 is 1.52 bits per heavy atom. The topological polar surface area (TPSA) is 25.2 Å². The summed E-state index contributed by atoms with van der Waals surface area (Å²) in [6.45, 7) is 1.48. The molecule has 0 unspecified atom stereocenters. The number of aromatic nitrogens is 1. The smallest absolute Gasteiger partial charge is 0.257 e.